The Balaban J connectivity index is 0.000000151. The Hall–Kier alpha value is -7.85. The molecule has 0 spiro atoms. The van der Waals surface area contributed by atoms with Gasteiger partial charge in [-0.3, -0.25) is 0 Å². The van der Waals surface area contributed by atoms with Crippen LogP contribution in [0.3, 0.4) is 0 Å². The van der Waals surface area contributed by atoms with Crippen LogP contribution in [0.4, 0.5) is 28.4 Å². The summed E-state index contributed by atoms with van der Waals surface area (Å²) < 4.78 is 54.9. The zero-order valence-corrected chi connectivity index (χ0v) is 81.2. The molecule has 0 aliphatic carbocycles. The first-order chi connectivity index (χ1) is 60.5. The van der Waals surface area contributed by atoms with Crippen LogP contribution in [0.2, 0.25) is 0 Å². The van der Waals surface area contributed by atoms with Gasteiger partial charge in [0.2, 0.25) is 0 Å². The zero-order chi connectivity index (χ0) is 87.3. The topological polar surface area (TPSA) is 109 Å². The molecule has 10 aromatic rings. The van der Waals surface area contributed by atoms with Gasteiger partial charge in [-0.1, -0.05) is 215 Å². The monoisotopic (exact) mass is 1770 g/mol. The summed E-state index contributed by atoms with van der Waals surface area (Å²) in [5.41, 5.74) is 14.3. The molecule has 664 valence electrons. The molecule has 0 amide bonds. The fourth-order valence-corrected chi connectivity index (χ4v) is 23.7. The van der Waals surface area contributed by atoms with Gasteiger partial charge in [0.1, 0.15) is 28.7 Å². The molecule has 5 fully saturated rings. The highest BCUT2D eigenvalue weighted by atomic mass is 31.1. The average molecular weight is 1770 g/mol. The molecule has 20 heteroatoms. The van der Waals surface area contributed by atoms with Crippen molar-refractivity contribution in [1.82, 2.24) is 0 Å². The van der Waals surface area contributed by atoms with E-state index in [1.807, 2.05) is 12.1 Å². The molecule has 0 radical (unpaired) electrons. The first kappa shape index (κ1) is 96.8. The van der Waals surface area contributed by atoms with E-state index in [2.05, 4.69) is 274 Å². The maximum atomic E-state index is 6.13. The largest absolute Gasteiger partial charge is 0.467 e. The van der Waals surface area contributed by atoms with E-state index in [1.54, 1.807) is 35.5 Å². The number of benzene rings is 10. The van der Waals surface area contributed by atoms with Gasteiger partial charge in [-0.15, -0.1) is 0 Å². The molecule has 124 heavy (non-hydrogen) atoms. The first-order valence-corrected chi connectivity index (χ1v) is 49.7. The van der Waals surface area contributed by atoms with Crippen LogP contribution in [-0.4, -0.2) is 135 Å². The molecule has 5 aliphatic heterocycles. The molecule has 10 aromatic carbocycles. The number of hydrogen-bond acceptors (Lipinski definition) is 15. The molecular weight excluding hydrogens is 1630 g/mol. The van der Waals surface area contributed by atoms with Crippen LogP contribution in [0.1, 0.15) is 150 Å². The normalized spacial score (nSPS) is 15.2. The van der Waals surface area contributed by atoms with Gasteiger partial charge in [0.05, 0.1) is 0 Å². The van der Waals surface area contributed by atoms with Crippen LogP contribution >= 0.6 is 42.9 Å². The molecule has 5 atom stereocenters. The van der Waals surface area contributed by atoms with Gasteiger partial charge in [0.25, 0.3) is 0 Å². The first-order valence-electron chi connectivity index (χ1n) is 44.7. The van der Waals surface area contributed by atoms with Crippen molar-refractivity contribution in [3.8, 4) is 28.7 Å². The molecule has 5 unspecified atom stereocenters. The second kappa shape index (κ2) is 51.8. The van der Waals surface area contributed by atoms with Crippen LogP contribution in [0.25, 0.3) is 0 Å². The summed E-state index contributed by atoms with van der Waals surface area (Å²) in [7, 11) is 11.2. The Morgan fingerprint density at radius 2 is 0.524 bits per heavy atom. The van der Waals surface area contributed by atoms with Crippen LogP contribution in [-0.2, 0) is 29.1 Å². The van der Waals surface area contributed by atoms with Crippen molar-refractivity contribution in [3.05, 3.63) is 240 Å². The predicted molar refractivity (Wildman–Crippen MR) is 538 cm³/mol. The fourth-order valence-electron chi connectivity index (χ4n) is 16.6. The summed E-state index contributed by atoms with van der Waals surface area (Å²) in [6.07, 6.45) is 19.7. The number of anilines is 5. The van der Waals surface area contributed by atoms with Crippen LogP contribution < -0.4 is 101 Å². The van der Waals surface area contributed by atoms with Crippen molar-refractivity contribution in [2.45, 2.75) is 157 Å². The third-order valence-electron chi connectivity index (χ3n) is 22.7. The Bertz CT molecular complexity index is 4800. The van der Waals surface area contributed by atoms with E-state index in [4.69, 9.17) is 47.4 Å². The van der Waals surface area contributed by atoms with Gasteiger partial charge in [-0.25, -0.2) is 0 Å². The highest BCUT2D eigenvalue weighted by Gasteiger charge is 2.26. The smallest absolute Gasteiger partial charge is 0.188 e. The minimum atomic E-state index is 0.0146. The van der Waals surface area contributed by atoms with Crippen molar-refractivity contribution in [2.24, 2.45) is 0 Å². The van der Waals surface area contributed by atoms with E-state index < -0.39 is 0 Å². The van der Waals surface area contributed by atoms with Gasteiger partial charge >= 0.3 is 0 Å². The molecule has 0 bridgehead atoms. The van der Waals surface area contributed by atoms with E-state index in [0.29, 0.717) is 42.9 Å². The van der Waals surface area contributed by atoms with Crippen molar-refractivity contribution < 1.29 is 47.4 Å². The molecule has 5 saturated heterocycles. The summed E-state index contributed by atoms with van der Waals surface area (Å²) >= 11 is 0. The van der Waals surface area contributed by atoms with E-state index in [-0.39, 0.29) is 39.4 Å². The second-order valence-electron chi connectivity index (χ2n) is 33.5. The lowest BCUT2D eigenvalue weighted by atomic mass is 9.85. The lowest BCUT2D eigenvalue weighted by molar-refractivity contribution is 0.0505. The van der Waals surface area contributed by atoms with Gasteiger partial charge < -0.3 is 71.9 Å². The van der Waals surface area contributed by atoms with Crippen LogP contribution in [0, 0.1) is 34.6 Å². The molecular formula is C104H138N5O10P5. The zero-order valence-electron chi connectivity index (χ0n) is 76.2. The summed E-state index contributed by atoms with van der Waals surface area (Å²) in [4.78, 5) is 12.7. The summed E-state index contributed by atoms with van der Waals surface area (Å²) in [6.45, 7) is 30.5. The predicted octanol–water partition coefficient (Wildman–Crippen LogP) is 19.3. The maximum Gasteiger partial charge on any atom is 0.188 e. The third kappa shape index (κ3) is 29.3. The lowest BCUT2D eigenvalue weighted by Gasteiger charge is -2.31. The summed E-state index contributed by atoms with van der Waals surface area (Å²) in [5, 5.41) is 13.2. The second-order valence-corrected chi connectivity index (χ2v) is 40.2. The Morgan fingerprint density at radius 1 is 0.242 bits per heavy atom. The number of nitrogens with zero attached hydrogens (tertiary/aromatic N) is 5. The average Bonchev–Trinajstić information content (AvgIpc) is 0.780. The number of hydrogen-bond donors (Lipinski definition) is 0. The van der Waals surface area contributed by atoms with Crippen LogP contribution in [0.5, 0.6) is 28.7 Å². The van der Waals surface area contributed by atoms with E-state index >= 15 is 0 Å². The Kier molecular flexibility index (Phi) is 40.4. The highest BCUT2D eigenvalue weighted by Crippen LogP contribution is 2.38. The van der Waals surface area contributed by atoms with Gasteiger partial charge in [-0.05, 0) is 219 Å². The maximum absolute atomic E-state index is 6.13. The number of rotatable bonds is 30. The SMILES string of the molecule is COCOc1c(C)cc(C)cc1Pc1ccccc1N1CCCCC1.COCOc1c(C)cccc1Pc1ccccc1N1CCCCC1.COCOc1c(Pc2ccccc2N2CCCCC2)cc(C)cc1C(C)(C)C.COCOc1ccc(C)cc1Pc1ccccc1N1CCCCC1.COCOc1ccccc1Pc1ccccc1N1CCCCC1. The quantitative estimate of drug-likeness (QED) is 0.0315. The van der Waals surface area contributed by atoms with E-state index in [1.165, 1.54) is 258 Å². The van der Waals surface area contributed by atoms with Crippen molar-refractivity contribution in [3.63, 3.8) is 0 Å². The van der Waals surface area contributed by atoms with E-state index in [9.17, 15) is 0 Å². The molecule has 0 saturated carbocycles. The van der Waals surface area contributed by atoms with Gasteiger partial charge in [0.15, 0.2) is 34.0 Å². The minimum Gasteiger partial charge on any atom is -0.467 e. The molecule has 5 heterocycles. The Morgan fingerprint density at radius 3 is 0.903 bits per heavy atom. The van der Waals surface area contributed by atoms with Crippen molar-refractivity contribution in [1.29, 1.82) is 0 Å². The summed E-state index contributed by atoms with van der Waals surface area (Å²) in [5.74, 6) is 4.77. The molecule has 15 rings (SSSR count). The van der Waals surface area contributed by atoms with E-state index in [0.717, 1.165) is 47.4 Å². The number of methoxy groups -OCH3 is 5. The van der Waals surface area contributed by atoms with Crippen molar-refractivity contribution in [2.75, 3.05) is 159 Å². The van der Waals surface area contributed by atoms with Gasteiger partial charge in [-0.2, -0.15) is 0 Å². The third-order valence-corrected chi connectivity index (χ3v) is 29.4. The molecule has 0 aromatic heterocycles. The van der Waals surface area contributed by atoms with Gasteiger partial charge in [0, 0.05) is 188 Å². The highest BCUT2D eigenvalue weighted by molar-refractivity contribution is 7.57. The Labute approximate surface area is 752 Å². The summed E-state index contributed by atoms with van der Waals surface area (Å²) in [6, 6.07) is 74.1. The lowest BCUT2D eigenvalue weighted by Crippen LogP contribution is -2.32. The minimum absolute atomic E-state index is 0.0146. The molecule has 5 aliphatic rings. The number of ether oxygens (including phenoxy) is 10. The standard InChI is InChI=1S/C24H34NO2P.C21H28NO2P.2C20H26NO2P.C19H24NO2P/c1-18-15-19(24(2,3)4)23(27-17-26-5)22(16-18)28-21-12-8-7-11-20(21)25-13-9-6-10-14-25;1-16-13-17(2)21(24-15-23-3)20(14-16)25-19-10-6-5-9-18(19)22-11-7-4-8-12-22;1-16-9-8-12-19(20(16)23-15-22-2)24-18-11-5-4-10-17(18)21-13-6-3-7-14-21;1-16-10-11-18(23-15-22-2)20(14-16)24-19-9-5-4-8-17(19)21-12-6-3-7-13-21;1-21-15-22-17-10-4-6-12-19(17)23-18-11-5-3-9-16(18)20-13-7-2-8-14-20/h7-8,11-12,15-16,28H,6,9-10,13-14,17H2,1-5H3;5-6,9-10,13-14,25H,4,7-8,11-12,15H2,1-3H3;4-5,8-12,24H,3,6-7,13-15H2,1-2H3;4-5,8-11,14,24H,3,6-7,12-13,15H2,1-2H3;3-6,9-12,23H,2,7-8,13-15H2,1H3. The fraction of sp³-hybridized carbons (Fsp3) is 0.423. The number of piperidine rings is 5. The van der Waals surface area contributed by atoms with Crippen LogP contribution in [0.15, 0.2) is 206 Å². The number of para-hydroxylation sites is 7. The molecule has 15 nitrogen and oxygen atoms in total. The number of aryl methyl sites for hydroxylation is 5. The van der Waals surface area contributed by atoms with Crippen molar-refractivity contribution >= 4 is 124 Å². The molecule has 0 N–H and O–H groups in total.